The molecule has 0 heterocycles. The van der Waals surface area contributed by atoms with E-state index in [1.165, 1.54) is 12.1 Å². The van der Waals surface area contributed by atoms with E-state index in [0.717, 1.165) is 31.4 Å². The Balaban J connectivity index is 1.58. The average Bonchev–Trinajstić information content (AvgIpc) is 3.05. The van der Waals surface area contributed by atoms with E-state index in [9.17, 15) is 22.8 Å². The number of hydrogen-bond donors (Lipinski definition) is 0. The maximum Gasteiger partial charge on any atom is 0.573 e. The van der Waals surface area contributed by atoms with Crippen LogP contribution in [0.25, 0.3) is 0 Å². The summed E-state index contributed by atoms with van der Waals surface area (Å²) in [6, 6.07) is 17.7. The Morgan fingerprint density at radius 1 is 0.630 bits per heavy atom. The summed E-state index contributed by atoms with van der Waals surface area (Å²) < 4.78 is 64.7. The summed E-state index contributed by atoms with van der Waals surface area (Å²) in [5.74, 6) is 11.0. The summed E-state index contributed by atoms with van der Waals surface area (Å²) in [6.45, 7) is 7.67. The zero-order chi connectivity index (χ0) is 33.2. The second-order valence-corrected chi connectivity index (χ2v) is 9.31. The molecule has 0 amide bonds. The van der Waals surface area contributed by atoms with Crippen molar-refractivity contribution in [3.8, 4) is 40.9 Å². The number of halogens is 3. The Hall–Kier alpha value is -5.61. The molecule has 0 spiro atoms. The third-order valence-electron chi connectivity index (χ3n) is 5.84. The van der Waals surface area contributed by atoms with Gasteiger partial charge in [-0.3, -0.25) is 0 Å². The van der Waals surface area contributed by atoms with Crippen LogP contribution in [0.3, 0.4) is 0 Å². The van der Waals surface area contributed by atoms with Gasteiger partial charge in [-0.2, -0.15) is 0 Å². The van der Waals surface area contributed by atoms with Crippen LogP contribution >= 0.6 is 0 Å². The summed E-state index contributed by atoms with van der Waals surface area (Å²) in [7, 11) is 0. The molecule has 0 unspecified atom stereocenters. The summed E-state index contributed by atoms with van der Waals surface area (Å²) >= 11 is 0. The third kappa shape index (κ3) is 13.4. The largest absolute Gasteiger partial charge is 0.573 e. The molecular weight excluding hydrogens is 601 g/mol. The molecule has 7 nitrogen and oxygen atoms in total. The van der Waals surface area contributed by atoms with Crippen LogP contribution in [0.4, 0.5) is 13.2 Å². The van der Waals surface area contributed by atoms with Gasteiger partial charge in [-0.1, -0.05) is 36.8 Å². The first-order chi connectivity index (χ1) is 22.1. The molecule has 3 aromatic carbocycles. The molecule has 0 fully saturated rings. The fourth-order valence-corrected chi connectivity index (χ4v) is 3.63. The smallest absolute Gasteiger partial charge is 0.494 e. The highest BCUT2D eigenvalue weighted by atomic mass is 19.4. The lowest BCUT2D eigenvalue weighted by Gasteiger charge is -2.11. The molecule has 0 atom stereocenters. The van der Waals surface area contributed by atoms with Crippen LogP contribution in [0.1, 0.15) is 41.5 Å². The molecule has 0 radical (unpaired) electrons. The van der Waals surface area contributed by atoms with Crippen LogP contribution in [-0.2, 0) is 19.1 Å². The van der Waals surface area contributed by atoms with Gasteiger partial charge in [-0.25, -0.2) is 9.59 Å². The van der Waals surface area contributed by atoms with Crippen LogP contribution in [0.2, 0.25) is 0 Å². The highest BCUT2D eigenvalue weighted by Gasteiger charge is 2.32. The van der Waals surface area contributed by atoms with Crippen molar-refractivity contribution in [1.82, 2.24) is 0 Å². The van der Waals surface area contributed by atoms with Gasteiger partial charge in [0.1, 0.15) is 30.5 Å². The van der Waals surface area contributed by atoms with E-state index in [2.05, 4.69) is 41.6 Å². The molecule has 0 aliphatic heterocycles. The minimum Gasteiger partial charge on any atom is -0.494 e. The number of alkyl halides is 3. The molecule has 10 heteroatoms. The molecule has 238 valence electrons. The minimum absolute atomic E-state index is 0.0338. The first-order valence-corrected chi connectivity index (χ1v) is 14.1. The quantitative estimate of drug-likeness (QED) is 0.0840. The molecule has 3 aromatic rings. The zero-order valence-corrected chi connectivity index (χ0v) is 24.9. The molecule has 3 rings (SSSR count). The molecule has 46 heavy (non-hydrogen) atoms. The molecule has 0 aliphatic rings. The lowest BCUT2D eigenvalue weighted by molar-refractivity contribution is -0.274. The van der Waals surface area contributed by atoms with E-state index in [1.807, 2.05) is 0 Å². The van der Waals surface area contributed by atoms with Crippen molar-refractivity contribution < 1.29 is 46.4 Å². The molecular formula is C36H31F3O7. The van der Waals surface area contributed by atoms with E-state index in [1.54, 1.807) is 54.6 Å². The molecule has 0 aromatic heterocycles. The fraction of sp³-hybridized carbons (Fsp3) is 0.222. The van der Waals surface area contributed by atoms with Gasteiger partial charge in [-0.15, -0.1) is 13.2 Å². The first kappa shape index (κ1) is 34.9. The van der Waals surface area contributed by atoms with E-state index in [-0.39, 0.29) is 18.8 Å². The van der Waals surface area contributed by atoms with Crippen molar-refractivity contribution in [3.05, 3.63) is 114 Å². The summed E-state index contributed by atoms with van der Waals surface area (Å²) in [6.07, 6.45) is -0.393. The van der Waals surface area contributed by atoms with Crippen LogP contribution in [0.15, 0.2) is 92.0 Å². The number of carbonyl (C=O) groups is 2. The first-order valence-electron chi connectivity index (χ1n) is 14.1. The van der Waals surface area contributed by atoms with E-state index in [0.29, 0.717) is 41.4 Å². The van der Waals surface area contributed by atoms with Crippen molar-refractivity contribution in [1.29, 1.82) is 0 Å². The number of benzene rings is 3. The molecule has 0 N–H and O–H groups in total. The van der Waals surface area contributed by atoms with Gasteiger partial charge >= 0.3 is 18.3 Å². The normalized spacial score (nSPS) is 10.2. The van der Waals surface area contributed by atoms with Gasteiger partial charge in [-0.05, 0) is 86.0 Å². The SMILES string of the molecule is C=CC(=O)OCCCCCOc1ccc(C#Cc2ccc(C#Cc3ccc(OCCOC(=O)C=C)cc3)c(OC(F)(F)F)c2)cc1. The van der Waals surface area contributed by atoms with Gasteiger partial charge in [0.15, 0.2) is 0 Å². The summed E-state index contributed by atoms with van der Waals surface area (Å²) in [5, 5.41) is 0. The maximum atomic E-state index is 13.2. The van der Waals surface area contributed by atoms with Gasteiger partial charge in [0, 0.05) is 28.8 Å². The predicted octanol–water partition coefficient (Wildman–Crippen LogP) is 6.77. The van der Waals surface area contributed by atoms with Gasteiger partial charge in [0.05, 0.1) is 18.8 Å². The van der Waals surface area contributed by atoms with Crippen LogP contribution in [-0.4, -0.2) is 44.7 Å². The predicted molar refractivity (Wildman–Crippen MR) is 165 cm³/mol. The van der Waals surface area contributed by atoms with Gasteiger partial charge < -0.3 is 23.7 Å². The van der Waals surface area contributed by atoms with E-state index < -0.39 is 24.1 Å². The number of carbonyl (C=O) groups excluding carboxylic acids is 2. The Morgan fingerprint density at radius 3 is 1.72 bits per heavy atom. The van der Waals surface area contributed by atoms with Crippen molar-refractivity contribution in [3.63, 3.8) is 0 Å². The van der Waals surface area contributed by atoms with Crippen molar-refractivity contribution in [2.24, 2.45) is 0 Å². The Morgan fingerprint density at radius 2 is 1.13 bits per heavy atom. The monoisotopic (exact) mass is 632 g/mol. The highest BCUT2D eigenvalue weighted by molar-refractivity contribution is 5.81. The second-order valence-electron chi connectivity index (χ2n) is 9.31. The standard InChI is InChI=1S/C36H31F3O7/c1-3-34(40)44-23-7-5-6-22-42-31-18-12-27(13-19-31)8-9-29-11-17-30(33(26-29)46-36(37,38)39)16-10-28-14-20-32(21-15-28)43-24-25-45-35(41)4-2/h3-4,11-15,17-21,26H,1-2,5-7,22-25H2. The number of ether oxygens (including phenoxy) is 5. The van der Waals surface area contributed by atoms with Crippen molar-refractivity contribution >= 4 is 11.9 Å². The van der Waals surface area contributed by atoms with Crippen LogP contribution in [0.5, 0.6) is 17.2 Å². The molecule has 0 saturated carbocycles. The second kappa shape index (κ2) is 18.3. The van der Waals surface area contributed by atoms with Crippen LogP contribution in [0, 0.1) is 23.7 Å². The number of rotatable bonds is 14. The third-order valence-corrected chi connectivity index (χ3v) is 5.84. The van der Waals surface area contributed by atoms with Gasteiger partial charge in [0.2, 0.25) is 0 Å². The molecule has 0 saturated heterocycles. The molecule has 0 bridgehead atoms. The molecule has 0 aliphatic carbocycles. The van der Waals surface area contributed by atoms with Gasteiger partial charge in [0.25, 0.3) is 0 Å². The van der Waals surface area contributed by atoms with E-state index in [4.69, 9.17) is 18.9 Å². The maximum absolute atomic E-state index is 13.2. The highest BCUT2D eigenvalue weighted by Crippen LogP contribution is 2.27. The Kier molecular flexibility index (Phi) is 13.8. The van der Waals surface area contributed by atoms with Crippen molar-refractivity contribution in [2.45, 2.75) is 25.6 Å². The topological polar surface area (TPSA) is 80.3 Å². The Labute approximate surface area is 265 Å². The van der Waals surface area contributed by atoms with Crippen LogP contribution < -0.4 is 14.2 Å². The average molecular weight is 633 g/mol. The number of unbranched alkanes of at least 4 members (excludes halogenated alkanes) is 2. The zero-order valence-electron chi connectivity index (χ0n) is 24.9. The Bertz CT molecular complexity index is 1600. The summed E-state index contributed by atoms with van der Waals surface area (Å²) in [4.78, 5) is 22.0. The fourth-order valence-electron chi connectivity index (χ4n) is 3.63. The number of hydrogen-bond acceptors (Lipinski definition) is 7. The lowest BCUT2D eigenvalue weighted by Crippen LogP contribution is -2.18. The summed E-state index contributed by atoms with van der Waals surface area (Å²) in [5.41, 5.74) is 1.52. The van der Waals surface area contributed by atoms with E-state index >= 15 is 0 Å². The van der Waals surface area contributed by atoms with Crippen molar-refractivity contribution in [2.75, 3.05) is 26.4 Å². The minimum atomic E-state index is -4.92. The number of esters is 2. The lowest BCUT2D eigenvalue weighted by atomic mass is 10.1.